The molecule has 0 spiro atoms. The van der Waals surface area contributed by atoms with E-state index in [1.807, 2.05) is 0 Å². The number of nitrogens with zero attached hydrogens (tertiary/aromatic N) is 1. The highest BCUT2D eigenvalue weighted by Crippen LogP contribution is 2.16. The highest BCUT2D eigenvalue weighted by molar-refractivity contribution is 4.78. The van der Waals surface area contributed by atoms with Gasteiger partial charge in [-0.1, -0.05) is 13.8 Å². The third kappa shape index (κ3) is 7.18. The van der Waals surface area contributed by atoms with Crippen LogP contribution in [0, 0.1) is 5.92 Å². The molecule has 18 heavy (non-hydrogen) atoms. The van der Waals surface area contributed by atoms with Crippen molar-refractivity contribution in [3.05, 3.63) is 0 Å². The molecule has 1 unspecified atom stereocenters. The van der Waals surface area contributed by atoms with E-state index in [0.717, 1.165) is 32.5 Å². The maximum atomic E-state index is 11.9. The number of ether oxygens (including phenoxy) is 1. The fourth-order valence-corrected chi connectivity index (χ4v) is 2.29. The highest BCUT2D eigenvalue weighted by Gasteiger charge is 2.29. The number of hydrogen-bond acceptors (Lipinski definition) is 3. The first-order valence-corrected chi connectivity index (χ1v) is 6.53. The molecule has 0 aliphatic carbocycles. The van der Waals surface area contributed by atoms with Crippen LogP contribution in [0.5, 0.6) is 0 Å². The van der Waals surface area contributed by atoms with Crippen LogP contribution in [-0.2, 0) is 4.74 Å². The average molecular weight is 268 g/mol. The standard InChI is InChI=1S/C12H23F3N2O/c1-10(2)8-17(6-7-18-12(13,14)15)9-11-4-3-5-16-11/h10-11,16H,3-9H2,1-2H3. The quantitative estimate of drug-likeness (QED) is 0.766. The molecule has 0 saturated carbocycles. The molecule has 1 rings (SSSR count). The lowest BCUT2D eigenvalue weighted by atomic mass is 10.1. The summed E-state index contributed by atoms with van der Waals surface area (Å²) in [5.41, 5.74) is 0. The summed E-state index contributed by atoms with van der Waals surface area (Å²) in [6, 6.07) is 0.412. The van der Waals surface area contributed by atoms with Gasteiger partial charge in [0.15, 0.2) is 0 Å². The summed E-state index contributed by atoms with van der Waals surface area (Å²) in [6.45, 7) is 6.80. The van der Waals surface area contributed by atoms with Crippen molar-refractivity contribution in [2.24, 2.45) is 5.92 Å². The topological polar surface area (TPSA) is 24.5 Å². The Labute approximate surface area is 107 Å². The molecule has 0 radical (unpaired) electrons. The van der Waals surface area contributed by atoms with E-state index >= 15 is 0 Å². The average Bonchev–Trinajstić information content (AvgIpc) is 2.67. The molecular weight excluding hydrogens is 245 g/mol. The van der Waals surface area contributed by atoms with Gasteiger partial charge in [-0.3, -0.25) is 9.64 Å². The number of rotatable bonds is 7. The number of alkyl halides is 3. The van der Waals surface area contributed by atoms with E-state index in [2.05, 4.69) is 28.8 Å². The summed E-state index contributed by atoms with van der Waals surface area (Å²) < 4.78 is 39.6. The van der Waals surface area contributed by atoms with E-state index < -0.39 is 6.36 Å². The number of halogens is 3. The van der Waals surface area contributed by atoms with Crippen LogP contribution < -0.4 is 5.32 Å². The molecule has 1 aliphatic rings. The molecule has 0 bridgehead atoms. The number of nitrogens with one attached hydrogen (secondary N) is 1. The van der Waals surface area contributed by atoms with Crippen LogP contribution in [-0.4, -0.2) is 50.1 Å². The normalized spacial score (nSPS) is 21.2. The summed E-state index contributed by atoms with van der Waals surface area (Å²) in [5.74, 6) is 0.442. The first kappa shape index (κ1) is 15.7. The second-order valence-corrected chi connectivity index (χ2v) is 5.24. The molecule has 1 heterocycles. The van der Waals surface area contributed by atoms with Gasteiger partial charge < -0.3 is 5.32 Å². The molecule has 0 aromatic carbocycles. The van der Waals surface area contributed by atoms with Crippen molar-refractivity contribution >= 4 is 0 Å². The minimum absolute atomic E-state index is 0.289. The van der Waals surface area contributed by atoms with Crippen LogP contribution >= 0.6 is 0 Å². The van der Waals surface area contributed by atoms with Crippen LogP contribution in [0.3, 0.4) is 0 Å². The predicted octanol–water partition coefficient (Wildman–Crippen LogP) is 2.23. The second-order valence-electron chi connectivity index (χ2n) is 5.24. The zero-order valence-corrected chi connectivity index (χ0v) is 11.1. The molecular formula is C12H23F3N2O. The van der Waals surface area contributed by atoms with Crippen molar-refractivity contribution in [2.75, 3.05) is 32.8 Å². The summed E-state index contributed by atoms with van der Waals surface area (Å²) in [5, 5.41) is 3.36. The zero-order chi connectivity index (χ0) is 13.6. The van der Waals surface area contributed by atoms with Crippen molar-refractivity contribution in [3.8, 4) is 0 Å². The van der Waals surface area contributed by atoms with Gasteiger partial charge in [0.05, 0.1) is 6.61 Å². The Morgan fingerprint density at radius 1 is 1.39 bits per heavy atom. The fraction of sp³-hybridized carbons (Fsp3) is 1.00. The van der Waals surface area contributed by atoms with Crippen molar-refractivity contribution in [2.45, 2.75) is 39.1 Å². The van der Waals surface area contributed by atoms with Gasteiger partial charge in [0.2, 0.25) is 0 Å². The van der Waals surface area contributed by atoms with Crippen LogP contribution in [0.2, 0.25) is 0 Å². The minimum Gasteiger partial charge on any atom is -0.313 e. The van der Waals surface area contributed by atoms with E-state index in [1.165, 1.54) is 0 Å². The van der Waals surface area contributed by atoms with E-state index in [0.29, 0.717) is 18.5 Å². The molecule has 1 N–H and O–H groups in total. The number of hydrogen-bond donors (Lipinski definition) is 1. The molecule has 1 aliphatic heterocycles. The van der Waals surface area contributed by atoms with Gasteiger partial charge in [0.1, 0.15) is 0 Å². The summed E-state index contributed by atoms with van der Waals surface area (Å²) in [6.07, 6.45) is -2.26. The van der Waals surface area contributed by atoms with E-state index in [1.54, 1.807) is 0 Å². The van der Waals surface area contributed by atoms with Crippen molar-refractivity contribution in [1.29, 1.82) is 0 Å². The van der Waals surface area contributed by atoms with E-state index in [-0.39, 0.29) is 6.61 Å². The maximum Gasteiger partial charge on any atom is 0.522 e. The Kier molecular flexibility index (Phi) is 6.38. The molecule has 0 aromatic rings. The monoisotopic (exact) mass is 268 g/mol. The largest absolute Gasteiger partial charge is 0.522 e. The summed E-state index contributed by atoms with van der Waals surface area (Å²) in [4.78, 5) is 2.05. The van der Waals surface area contributed by atoms with Gasteiger partial charge in [-0.15, -0.1) is 13.2 Å². The van der Waals surface area contributed by atoms with Crippen LogP contribution in [0.25, 0.3) is 0 Å². The minimum atomic E-state index is -4.52. The van der Waals surface area contributed by atoms with E-state index in [4.69, 9.17) is 0 Å². The molecule has 6 heteroatoms. The summed E-state index contributed by atoms with van der Waals surface area (Å²) >= 11 is 0. The first-order valence-electron chi connectivity index (χ1n) is 6.53. The SMILES string of the molecule is CC(C)CN(CCOC(F)(F)F)CC1CCCN1. The Balaban J connectivity index is 2.30. The molecule has 0 aromatic heterocycles. The van der Waals surface area contributed by atoms with Crippen molar-refractivity contribution in [3.63, 3.8) is 0 Å². The fourth-order valence-electron chi connectivity index (χ4n) is 2.29. The molecule has 1 fully saturated rings. The molecule has 1 saturated heterocycles. The van der Waals surface area contributed by atoms with Gasteiger partial charge in [0, 0.05) is 25.7 Å². The Bertz CT molecular complexity index is 228. The van der Waals surface area contributed by atoms with Gasteiger partial charge >= 0.3 is 6.36 Å². The molecule has 0 amide bonds. The molecule has 108 valence electrons. The van der Waals surface area contributed by atoms with Crippen molar-refractivity contribution in [1.82, 2.24) is 10.2 Å². The van der Waals surface area contributed by atoms with Crippen LogP contribution in [0.1, 0.15) is 26.7 Å². The second kappa shape index (κ2) is 7.31. The van der Waals surface area contributed by atoms with Gasteiger partial charge in [-0.05, 0) is 25.3 Å². The lowest BCUT2D eigenvalue weighted by Gasteiger charge is -2.27. The van der Waals surface area contributed by atoms with Gasteiger partial charge in [0.25, 0.3) is 0 Å². The Hall–Kier alpha value is -0.330. The Morgan fingerprint density at radius 2 is 2.11 bits per heavy atom. The first-order chi connectivity index (χ1) is 8.37. The highest BCUT2D eigenvalue weighted by atomic mass is 19.4. The van der Waals surface area contributed by atoms with Crippen LogP contribution in [0.15, 0.2) is 0 Å². The van der Waals surface area contributed by atoms with Crippen LogP contribution in [0.4, 0.5) is 13.2 Å². The Morgan fingerprint density at radius 3 is 2.61 bits per heavy atom. The third-order valence-electron chi connectivity index (χ3n) is 2.94. The van der Waals surface area contributed by atoms with Gasteiger partial charge in [-0.2, -0.15) is 0 Å². The zero-order valence-electron chi connectivity index (χ0n) is 11.1. The lowest BCUT2D eigenvalue weighted by molar-refractivity contribution is -0.325. The molecule has 1 atom stereocenters. The van der Waals surface area contributed by atoms with Crippen molar-refractivity contribution < 1.29 is 17.9 Å². The van der Waals surface area contributed by atoms with Gasteiger partial charge in [-0.25, -0.2) is 0 Å². The third-order valence-corrected chi connectivity index (χ3v) is 2.94. The predicted molar refractivity (Wildman–Crippen MR) is 64.3 cm³/mol. The van der Waals surface area contributed by atoms with E-state index in [9.17, 15) is 13.2 Å². The maximum absolute atomic E-state index is 11.9. The lowest BCUT2D eigenvalue weighted by Crippen LogP contribution is -2.41. The molecule has 3 nitrogen and oxygen atoms in total. The smallest absolute Gasteiger partial charge is 0.313 e. The summed E-state index contributed by atoms with van der Waals surface area (Å²) in [7, 11) is 0.